The number of nitrogens with one attached hydrogen (secondary N) is 1. The fourth-order valence-electron chi connectivity index (χ4n) is 1.02. The monoisotopic (exact) mass is 183 g/mol. The summed E-state index contributed by atoms with van der Waals surface area (Å²) in [6.07, 6.45) is 9.04. The molecule has 0 aliphatic carbocycles. The van der Waals surface area contributed by atoms with Gasteiger partial charge < -0.3 is 5.32 Å². The first-order valence-electron chi connectivity index (χ1n) is 5.23. The molecule has 2 nitrogen and oxygen atoms in total. The van der Waals surface area contributed by atoms with E-state index in [0.29, 0.717) is 6.42 Å². The van der Waals surface area contributed by atoms with Gasteiger partial charge in [-0.25, -0.2) is 0 Å². The van der Waals surface area contributed by atoms with E-state index in [1.54, 1.807) is 0 Å². The number of rotatable bonds is 7. The average Bonchev–Trinajstić information content (AvgIpc) is 2.14. The Labute approximate surface area is 81.4 Å². The third kappa shape index (κ3) is 9.12. The van der Waals surface area contributed by atoms with Crippen LogP contribution in [0.15, 0.2) is 12.2 Å². The Kier molecular flexibility index (Phi) is 8.73. The third-order valence-electron chi connectivity index (χ3n) is 1.75. The van der Waals surface area contributed by atoms with Gasteiger partial charge in [0, 0.05) is 13.0 Å². The van der Waals surface area contributed by atoms with Crippen LogP contribution in [0, 0.1) is 0 Å². The van der Waals surface area contributed by atoms with Gasteiger partial charge >= 0.3 is 0 Å². The smallest absolute Gasteiger partial charge is 0.220 e. The van der Waals surface area contributed by atoms with E-state index in [0.717, 1.165) is 32.2 Å². The Morgan fingerprint density at radius 3 is 2.69 bits per heavy atom. The van der Waals surface area contributed by atoms with Gasteiger partial charge in [0.1, 0.15) is 0 Å². The Morgan fingerprint density at radius 1 is 1.31 bits per heavy atom. The minimum absolute atomic E-state index is 0.187. The normalized spacial score (nSPS) is 10.6. The molecule has 0 aromatic carbocycles. The highest BCUT2D eigenvalue weighted by Gasteiger charge is 1.97. The largest absolute Gasteiger partial charge is 0.356 e. The molecule has 1 N–H and O–H groups in total. The third-order valence-corrected chi connectivity index (χ3v) is 1.75. The van der Waals surface area contributed by atoms with E-state index in [-0.39, 0.29) is 5.91 Å². The van der Waals surface area contributed by atoms with Gasteiger partial charge in [0.2, 0.25) is 5.91 Å². The summed E-state index contributed by atoms with van der Waals surface area (Å²) in [4.78, 5) is 11.1. The van der Waals surface area contributed by atoms with E-state index in [1.807, 2.05) is 0 Å². The van der Waals surface area contributed by atoms with Crippen molar-refractivity contribution in [2.24, 2.45) is 0 Å². The second kappa shape index (κ2) is 9.30. The maximum atomic E-state index is 11.1. The molecule has 0 fully saturated rings. The zero-order chi connectivity index (χ0) is 9.94. The lowest BCUT2D eigenvalue weighted by molar-refractivity contribution is -0.121. The molecule has 0 unspecified atom stereocenters. The molecule has 13 heavy (non-hydrogen) atoms. The highest BCUT2D eigenvalue weighted by atomic mass is 16.1. The van der Waals surface area contributed by atoms with Crippen LogP contribution in [0.3, 0.4) is 0 Å². The Balaban J connectivity index is 3.21. The lowest BCUT2D eigenvalue weighted by Crippen LogP contribution is -2.23. The predicted molar refractivity (Wildman–Crippen MR) is 56.6 cm³/mol. The van der Waals surface area contributed by atoms with E-state index in [9.17, 15) is 4.79 Å². The summed E-state index contributed by atoms with van der Waals surface area (Å²) in [5, 5.41) is 2.86. The van der Waals surface area contributed by atoms with E-state index in [2.05, 4.69) is 31.3 Å². The van der Waals surface area contributed by atoms with Crippen LogP contribution in [0.25, 0.3) is 0 Å². The topological polar surface area (TPSA) is 29.1 Å². The molecule has 0 spiro atoms. The first-order valence-corrected chi connectivity index (χ1v) is 5.23. The SMILES string of the molecule is CC/C=C/CCCC(=O)NCCC. The second-order valence-electron chi connectivity index (χ2n) is 3.12. The standard InChI is InChI=1S/C11H21NO/c1-3-5-6-7-8-9-11(13)12-10-4-2/h5-6H,3-4,7-10H2,1-2H3,(H,12,13)/b6-5+. The highest BCUT2D eigenvalue weighted by Crippen LogP contribution is 1.97. The van der Waals surface area contributed by atoms with Crippen molar-refractivity contribution in [1.82, 2.24) is 5.32 Å². The van der Waals surface area contributed by atoms with Crippen molar-refractivity contribution in [2.75, 3.05) is 6.54 Å². The van der Waals surface area contributed by atoms with Gasteiger partial charge in [0.25, 0.3) is 0 Å². The van der Waals surface area contributed by atoms with Crippen molar-refractivity contribution in [1.29, 1.82) is 0 Å². The van der Waals surface area contributed by atoms with Crippen LogP contribution in [0.4, 0.5) is 0 Å². The van der Waals surface area contributed by atoms with E-state index in [1.165, 1.54) is 0 Å². The summed E-state index contributed by atoms with van der Waals surface area (Å²) in [5.41, 5.74) is 0. The Hall–Kier alpha value is -0.790. The van der Waals surface area contributed by atoms with Gasteiger partial charge in [-0.05, 0) is 25.7 Å². The number of carbonyl (C=O) groups is 1. The van der Waals surface area contributed by atoms with Crippen LogP contribution in [0.2, 0.25) is 0 Å². The molecule has 1 amide bonds. The van der Waals surface area contributed by atoms with Crippen molar-refractivity contribution in [3.05, 3.63) is 12.2 Å². The van der Waals surface area contributed by atoms with Crippen LogP contribution in [-0.4, -0.2) is 12.5 Å². The number of amides is 1. The number of unbranched alkanes of at least 4 members (excludes halogenated alkanes) is 1. The zero-order valence-electron chi connectivity index (χ0n) is 8.81. The molecule has 0 aliphatic heterocycles. The average molecular weight is 183 g/mol. The predicted octanol–water partition coefficient (Wildman–Crippen LogP) is 2.65. The summed E-state index contributed by atoms with van der Waals surface area (Å²) in [7, 11) is 0. The molecule has 76 valence electrons. The summed E-state index contributed by atoms with van der Waals surface area (Å²) in [5.74, 6) is 0.187. The lowest BCUT2D eigenvalue weighted by atomic mass is 10.2. The van der Waals surface area contributed by atoms with Crippen LogP contribution in [0.5, 0.6) is 0 Å². The number of hydrogen-bond acceptors (Lipinski definition) is 1. The Morgan fingerprint density at radius 2 is 2.08 bits per heavy atom. The van der Waals surface area contributed by atoms with Crippen LogP contribution >= 0.6 is 0 Å². The van der Waals surface area contributed by atoms with Crippen LogP contribution < -0.4 is 5.32 Å². The van der Waals surface area contributed by atoms with E-state index >= 15 is 0 Å². The molecular weight excluding hydrogens is 162 g/mol. The summed E-state index contributed by atoms with van der Waals surface area (Å²) in [6.45, 7) is 4.98. The molecule has 0 heterocycles. The molecule has 0 saturated heterocycles. The van der Waals surface area contributed by atoms with Crippen molar-refractivity contribution >= 4 is 5.91 Å². The first kappa shape index (κ1) is 12.2. The van der Waals surface area contributed by atoms with Crippen molar-refractivity contribution in [3.8, 4) is 0 Å². The molecule has 0 atom stereocenters. The van der Waals surface area contributed by atoms with Crippen molar-refractivity contribution in [2.45, 2.75) is 46.0 Å². The van der Waals surface area contributed by atoms with E-state index in [4.69, 9.17) is 0 Å². The fourth-order valence-corrected chi connectivity index (χ4v) is 1.02. The molecule has 0 saturated carbocycles. The van der Waals surface area contributed by atoms with E-state index < -0.39 is 0 Å². The van der Waals surface area contributed by atoms with Crippen molar-refractivity contribution < 1.29 is 4.79 Å². The Bertz CT molecular complexity index is 152. The summed E-state index contributed by atoms with van der Waals surface area (Å²) in [6, 6.07) is 0. The molecule has 0 aromatic heterocycles. The summed E-state index contributed by atoms with van der Waals surface area (Å²) < 4.78 is 0. The van der Waals surface area contributed by atoms with Crippen molar-refractivity contribution in [3.63, 3.8) is 0 Å². The first-order chi connectivity index (χ1) is 6.31. The maximum Gasteiger partial charge on any atom is 0.220 e. The number of carbonyl (C=O) groups excluding carboxylic acids is 1. The quantitative estimate of drug-likeness (QED) is 0.477. The lowest BCUT2D eigenvalue weighted by Gasteiger charge is -2.01. The van der Waals surface area contributed by atoms with Gasteiger partial charge in [-0.1, -0.05) is 26.0 Å². The minimum Gasteiger partial charge on any atom is -0.356 e. The number of hydrogen-bond donors (Lipinski definition) is 1. The van der Waals surface area contributed by atoms with Gasteiger partial charge in [-0.3, -0.25) is 4.79 Å². The molecule has 0 radical (unpaired) electrons. The zero-order valence-corrected chi connectivity index (χ0v) is 8.81. The summed E-state index contributed by atoms with van der Waals surface area (Å²) >= 11 is 0. The second-order valence-corrected chi connectivity index (χ2v) is 3.12. The van der Waals surface area contributed by atoms with Gasteiger partial charge in [0.05, 0.1) is 0 Å². The fraction of sp³-hybridized carbons (Fsp3) is 0.727. The molecule has 0 aromatic rings. The molecule has 0 aliphatic rings. The van der Waals surface area contributed by atoms with Gasteiger partial charge in [0.15, 0.2) is 0 Å². The highest BCUT2D eigenvalue weighted by molar-refractivity contribution is 5.75. The molecule has 0 bridgehead atoms. The van der Waals surface area contributed by atoms with Crippen LogP contribution in [0.1, 0.15) is 46.0 Å². The molecular formula is C11H21NO. The van der Waals surface area contributed by atoms with Gasteiger partial charge in [-0.2, -0.15) is 0 Å². The van der Waals surface area contributed by atoms with Gasteiger partial charge in [-0.15, -0.1) is 0 Å². The van der Waals surface area contributed by atoms with Crippen LogP contribution in [-0.2, 0) is 4.79 Å². The molecule has 0 rings (SSSR count). The number of allylic oxidation sites excluding steroid dienone is 2. The maximum absolute atomic E-state index is 11.1. The molecule has 2 heteroatoms. The minimum atomic E-state index is 0.187.